The van der Waals surface area contributed by atoms with Crippen LogP contribution >= 0.6 is 0 Å². The summed E-state index contributed by atoms with van der Waals surface area (Å²) in [5, 5.41) is 12.8. The summed E-state index contributed by atoms with van der Waals surface area (Å²) in [6, 6.07) is 9.78. The summed E-state index contributed by atoms with van der Waals surface area (Å²) >= 11 is 0. The van der Waals surface area contributed by atoms with Crippen molar-refractivity contribution in [2.24, 2.45) is 0 Å². The van der Waals surface area contributed by atoms with Gasteiger partial charge in [-0.15, -0.1) is 0 Å². The van der Waals surface area contributed by atoms with E-state index in [4.69, 9.17) is 0 Å². The van der Waals surface area contributed by atoms with Gasteiger partial charge >= 0.3 is 0 Å². The van der Waals surface area contributed by atoms with Crippen molar-refractivity contribution in [2.75, 3.05) is 6.54 Å². The zero-order chi connectivity index (χ0) is 18.4. The molecule has 0 spiro atoms. The quantitative estimate of drug-likeness (QED) is 0.653. The third kappa shape index (κ3) is 3.89. The molecule has 1 aromatic carbocycles. The summed E-state index contributed by atoms with van der Waals surface area (Å²) < 4.78 is 0. The number of amides is 1. The fourth-order valence-corrected chi connectivity index (χ4v) is 3.71. The monoisotopic (exact) mass is 342 g/mol. The second kappa shape index (κ2) is 8.24. The number of hydrogen-bond acceptors (Lipinski definition) is 2. The van der Waals surface area contributed by atoms with E-state index in [1.54, 1.807) is 6.07 Å². The Hall–Kier alpha value is -2.23. The zero-order valence-electron chi connectivity index (χ0n) is 15.8. The van der Waals surface area contributed by atoms with E-state index in [0.717, 1.165) is 36.9 Å². The van der Waals surface area contributed by atoms with Gasteiger partial charge in [-0.3, -0.25) is 4.79 Å². The third-order valence-corrected chi connectivity index (χ3v) is 4.89. The number of carbonyl (C=O) groups excluding carboxylic acids is 1. The molecule has 2 aromatic rings. The highest BCUT2D eigenvalue weighted by atomic mass is 16.3. The number of phenols is 1. The first-order chi connectivity index (χ1) is 12.0. The lowest BCUT2D eigenvalue weighted by molar-refractivity contribution is 0.0951. The molecule has 0 aliphatic rings. The average Bonchev–Trinajstić information content (AvgIpc) is 3.08. The maximum absolute atomic E-state index is 12.2. The van der Waals surface area contributed by atoms with Crippen LogP contribution < -0.4 is 5.32 Å². The van der Waals surface area contributed by atoms with Crippen LogP contribution in [0.15, 0.2) is 30.3 Å². The lowest BCUT2D eigenvalue weighted by Gasteiger charge is -2.34. The van der Waals surface area contributed by atoms with Crippen LogP contribution in [0.2, 0.25) is 0 Å². The topological polar surface area (TPSA) is 65.1 Å². The third-order valence-electron chi connectivity index (χ3n) is 4.89. The smallest absolute Gasteiger partial charge is 0.267 e. The van der Waals surface area contributed by atoms with Gasteiger partial charge in [-0.2, -0.15) is 0 Å². The second-order valence-electron chi connectivity index (χ2n) is 6.73. The van der Waals surface area contributed by atoms with Crippen molar-refractivity contribution in [1.82, 2.24) is 10.3 Å². The number of aromatic amines is 1. The molecule has 136 valence electrons. The number of benzene rings is 1. The van der Waals surface area contributed by atoms with Crippen LogP contribution in [0, 0.1) is 6.92 Å². The highest BCUT2D eigenvalue weighted by Gasteiger charge is 2.34. The normalized spacial score (nSPS) is 11.5. The van der Waals surface area contributed by atoms with E-state index < -0.39 is 0 Å². The fourth-order valence-electron chi connectivity index (χ4n) is 3.71. The highest BCUT2D eigenvalue weighted by Crippen LogP contribution is 2.41. The molecular weight excluding hydrogens is 312 g/mol. The van der Waals surface area contributed by atoms with Gasteiger partial charge in [0, 0.05) is 17.7 Å². The summed E-state index contributed by atoms with van der Waals surface area (Å²) in [5.74, 6) is 0.248. The van der Waals surface area contributed by atoms with Gasteiger partial charge in [-0.05, 0) is 56.0 Å². The minimum Gasteiger partial charge on any atom is -0.508 e. The number of phenolic OH excluding ortho intramolecular Hbond substituents is 1. The molecule has 25 heavy (non-hydrogen) atoms. The summed E-state index contributed by atoms with van der Waals surface area (Å²) in [6.45, 7) is 8.83. The van der Waals surface area contributed by atoms with Crippen LogP contribution in [0.5, 0.6) is 5.75 Å². The molecule has 0 saturated carbocycles. The minimum absolute atomic E-state index is 0.0717. The second-order valence-corrected chi connectivity index (χ2v) is 6.73. The molecule has 1 amide bonds. The Morgan fingerprint density at radius 2 is 1.80 bits per heavy atom. The van der Waals surface area contributed by atoms with Gasteiger partial charge in [0.1, 0.15) is 11.4 Å². The minimum atomic E-state index is -0.174. The van der Waals surface area contributed by atoms with Crippen molar-refractivity contribution in [3.8, 4) is 5.75 Å². The summed E-state index contributed by atoms with van der Waals surface area (Å²) in [7, 11) is 0. The van der Waals surface area contributed by atoms with Crippen molar-refractivity contribution in [1.29, 1.82) is 0 Å². The number of hydrogen-bond donors (Lipinski definition) is 3. The predicted octanol–water partition coefficient (Wildman–Crippen LogP) is 4.66. The molecule has 0 aliphatic heterocycles. The molecule has 4 nitrogen and oxygen atoms in total. The number of aromatic hydroxyl groups is 1. The van der Waals surface area contributed by atoms with Gasteiger partial charge in [0.15, 0.2) is 0 Å². The average molecular weight is 342 g/mol. The predicted molar refractivity (Wildman–Crippen MR) is 102 cm³/mol. The van der Waals surface area contributed by atoms with Gasteiger partial charge < -0.3 is 15.4 Å². The van der Waals surface area contributed by atoms with Crippen LogP contribution in [-0.4, -0.2) is 22.5 Å². The van der Waals surface area contributed by atoms with Crippen LogP contribution in [0.4, 0.5) is 0 Å². The van der Waals surface area contributed by atoms with Gasteiger partial charge in [-0.1, -0.05) is 38.8 Å². The van der Waals surface area contributed by atoms with Gasteiger partial charge in [0.2, 0.25) is 0 Å². The molecule has 0 saturated heterocycles. The molecule has 2 rings (SSSR count). The number of aryl methyl sites for hydroxylation is 1. The Labute approximate surface area is 150 Å². The standard InChI is InChI=1S/C21H30N2O2/c1-5-12-21(13-6-2,16-8-10-18(24)15(4)14-16)19-11-9-17(23-19)20(25)22-7-3/h8-11,14,23-24H,5-7,12-13H2,1-4H3,(H,22,25). The van der Waals surface area contributed by atoms with Gasteiger partial charge in [0.05, 0.1) is 0 Å². The summed E-state index contributed by atoms with van der Waals surface area (Å²) in [5.41, 5.74) is 3.57. The van der Waals surface area contributed by atoms with Crippen LogP contribution in [0.3, 0.4) is 0 Å². The molecule has 0 unspecified atom stereocenters. The van der Waals surface area contributed by atoms with Crippen molar-refractivity contribution in [3.05, 3.63) is 52.8 Å². The largest absolute Gasteiger partial charge is 0.508 e. The van der Waals surface area contributed by atoms with E-state index in [2.05, 4.69) is 30.2 Å². The molecule has 4 heteroatoms. The first kappa shape index (κ1) is 19.1. The number of nitrogens with one attached hydrogen (secondary N) is 2. The first-order valence-corrected chi connectivity index (χ1v) is 9.26. The molecule has 3 N–H and O–H groups in total. The summed E-state index contributed by atoms with van der Waals surface area (Å²) in [6.07, 6.45) is 4.05. The Morgan fingerprint density at radius 1 is 1.12 bits per heavy atom. The van der Waals surface area contributed by atoms with E-state index in [1.165, 1.54) is 5.56 Å². The molecular formula is C21H30N2O2. The lowest BCUT2D eigenvalue weighted by Crippen LogP contribution is -2.29. The number of aromatic nitrogens is 1. The molecule has 0 bridgehead atoms. The Balaban J connectivity index is 2.54. The molecule has 1 heterocycles. The van der Waals surface area contributed by atoms with Gasteiger partial charge in [-0.25, -0.2) is 0 Å². The number of rotatable bonds is 8. The fraction of sp³-hybridized carbons (Fsp3) is 0.476. The number of carbonyl (C=O) groups is 1. The summed E-state index contributed by atoms with van der Waals surface area (Å²) in [4.78, 5) is 15.5. The first-order valence-electron chi connectivity index (χ1n) is 9.26. The van der Waals surface area contributed by atoms with Crippen molar-refractivity contribution in [2.45, 2.75) is 58.8 Å². The van der Waals surface area contributed by atoms with E-state index in [9.17, 15) is 9.90 Å². The van der Waals surface area contributed by atoms with Gasteiger partial charge in [0.25, 0.3) is 5.91 Å². The van der Waals surface area contributed by atoms with Crippen molar-refractivity contribution >= 4 is 5.91 Å². The van der Waals surface area contributed by atoms with Crippen LogP contribution in [0.1, 0.15) is 73.8 Å². The molecule has 0 aliphatic carbocycles. The van der Waals surface area contributed by atoms with Crippen molar-refractivity contribution in [3.63, 3.8) is 0 Å². The maximum Gasteiger partial charge on any atom is 0.267 e. The zero-order valence-corrected chi connectivity index (χ0v) is 15.8. The molecule has 0 fully saturated rings. The van der Waals surface area contributed by atoms with Crippen LogP contribution in [0.25, 0.3) is 0 Å². The molecule has 0 radical (unpaired) electrons. The Bertz CT molecular complexity index is 712. The van der Waals surface area contributed by atoms with E-state index in [1.807, 2.05) is 32.0 Å². The molecule has 0 atom stereocenters. The Kier molecular flexibility index (Phi) is 6.29. The molecule has 1 aromatic heterocycles. The van der Waals surface area contributed by atoms with E-state index >= 15 is 0 Å². The number of H-pyrrole nitrogens is 1. The van der Waals surface area contributed by atoms with E-state index in [-0.39, 0.29) is 11.3 Å². The Morgan fingerprint density at radius 3 is 2.36 bits per heavy atom. The van der Waals surface area contributed by atoms with E-state index in [0.29, 0.717) is 18.0 Å². The van der Waals surface area contributed by atoms with Crippen molar-refractivity contribution < 1.29 is 9.90 Å². The van der Waals surface area contributed by atoms with Crippen LogP contribution in [-0.2, 0) is 5.41 Å². The maximum atomic E-state index is 12.2. The highest BCUT2D eigenvalue weighted by molar-refractivity contribution is 5.92. The lowest BCUT2D eigenvalue weighted by atomic mass is 9.70. The SMILES string of the molecule is CCCC(CCC)(c1ccc(O)c(C)c1)c1ccc(C(=O)NCC)[nH]1.